The molecule has 1 aromatic heterocycles. The first-order valence-electron chi connectivity index (χ1n) is 5.35. The maximum Gasteiger partial charge on any atom is 0.242 e. The van der Waals surface area contributed by atoms with E-state index >= 15 is 0 Å². The van der Waals surface area contributed by atoms with Crippen LogP contribution in [0.5, 0.6) is 0 Å². The molecule has 0 aliphatic carbocycles. The molecule has 0 fully saturated rings. The van der Waals surface area contributed by atoms with Gasteiger partial charge in [-0.2, -0.15) is 11.8 Å². The standard InChI is InChI=1S/C10H19N3O2S2/c1-13-8-10(6-9(13)7-11)17(14,15)12-4-3-5-16-2/h6,8,12H,3-5,7,11H2,1-2H3. The average Bonchev–Trinajstić information content (AvgIpc) is 2.67. The monoisotopic (exact) mass is 277 g/mol. The van der Waals surface area contributed by atoms with Gasteiger partial charge in [0.1, 0.15) is 0 Å². The lowest BCUT2D eigenvalue weighted by Gasteiger charge is -2.03. The van der Waals surface area contributed by atoms with Crippen molar-refractivity contribution in [3.05, 3.63) is 18.0 Å². The zero-order valence-corrected chi connectivity index (χ0v) is 11.8. The molecule has 0 amide bonds. The molecule has 0 spiro atoms. The quantitative estimate of drug-likeness (QED) is 0.712. The Labute approximate surface area is 107 Å². The fourth-order valence-corrected chi connectivity index (χ4v) is 3.03. The molecule has 5 nitrogen and oxygen atoms in total. The van der Waals surface area contributed by atoms with Gasteiger partial charge in [-0.15, -0.1) is 0 Å². The molecule has 17 heavy (non-hydrogen) atoms. The van der Waals surface area contributed by atoms with Crippen molar-refractivity contribution in [3.63, 3.8) is 0 Å². The van der Waals surface area contributed by atoms with Gasteiger partial charge in [0.15, 0.2) is 0 Å². The van der Waals surface area contributed by atoms with E-state index in [0.717, 1.165) is 17.9 Å². The van der Waals surface area contributed by atoms with Gasteiger partial charge in [-0.05, 0) is 24.5 Å². The number of thioether (sulfide) groups is 1. The molecule has 1 heterocycles. The SMILES string of the molecule is CSCCCNS(=O)(=O)c1cc(CN)n(C)c1. The van der Waals surface area contributed by atoms with E-state index in [-0.39, 0.29) is 4.90 Å². The second-order valence-electron chi connectivity index (χ2n) is 3.73. The lowest BCUT2D eigenvalue weighted by molar-refractivity contribution is 0.581. The summed E-state index contributed by atoms with van der Waals surface area (Å²) in [6.07, 6.45) is 4.41. The van der Waals surface area contributed by atoms with Gasteiger partial charge in [-0.1, -0.05) is 0 Å². The number of nitrogens with zero attached hydrogens (tertiary/aromatic N) is 1. The van der Waals surface area contributed by atoms with Crippen LogP contribution in [0.25, 0.3) is 0 Å². The van der Waals surface area contributed by atoms with Crippen LogP contribution in [-0.4, -0.2) is 31.5 Å². The molecular weight excluding hydrogens is 258 g/mol. The molecule has 0 atom stereocenters. The van der Waals surface area contributed by atoms with Crippen LogP contribution >= 0.6 is 11.8 Å². The van der Waals surface area contributed by atoms with Crippen molar-refractivity contribution in [3.8, 4) is 0 Å². The van der Waals surface area contributed by atoms with Crippen molar-refractivity contribution in [1.82, 2.24) is 9.29 Å². The lowest BCUT2D eigenvalue weighted by atomic mass is 10.4. The van der Waals surface area contributed by atoms with Crippen LogP contribution in [-0.2, 0) is 23.6 Å². The van der Waals surface area contributed by atoms with E-state index in [1.165, 1.54) is 0 Å². The average molecular weight is 277 g/mol. The minimum absolute atomic E-state index is 0.282. The smallest absolute Gasteiger partial charge is 0.242 e. The first-order valence-corrected chi connectivity index (χ1v) is 8.23. The predicted octanol–water partition coefficient (Wildman–Crippen LogP) is 0.515. The Morgan fingerprint density at radius 3 is 2.76 bits per heavy atom. The maximum absolute atomic E-state index is 11.9. The fourth-order valence-electron chi connectivity index (χ4n) is 1.43. The second-order valence-corrected chi connectivity index (χ2v) is 6.48. The Bertz CT molecular complexity index is 454. The van der Waals surface area contributed by atoms with Gasteiger partial charge in [-0.3, -0.25) is 0 Å². The predicted molar refractivity (Wildman–Crippen MR) is 71.5 cm³/mol. The third-order valence-corrected chi connectivity index (χ3v) is 4.54. The summed E-state index contributed by atoms with van der Waals surface area (Å²) in [5, 5.41) is 0. The van der Waals surface area contributed by atoms with Crippen molar-refractivity contribution < 1.29 is 8.42 Å². The van der Waals surface area contributed by atoms with Crippen molar-refractivity contribution in [1.29, 1.82) is 0 Å². The summed E-state index contributed by atoms with van der Waals surface area (Å²) >= 11 is 1.70. The highest BCUT2D eigenvalue weighted by Gasteiger charge is 2.16. The van der Waals surface area contributed by atoms with E-state index in [0.29, 0.717) is 13.1 Å². The number of nitrogens with one attached hydrogen (secondary N) is 1. The van der Waals surface area contributed by atoms with Crippen LogP contribution in [0.3, 0.4) is 0 Å². The molecular formula is C10H19N3O2S2. The molecule has 0 saturated carbocycles. The van der Waals surface area contributed by atoms with Crippen LogP contribution in [0.15, 0.2) is 17.2 Å². The maximum atomic E-state index is 11.9. The third-order valence-electron chi connectivity index (χ3n) is 2.42. The number of hydrogen-bond donors (Lipinski definition) is 2. The molecule has 1 aromatic rings. The molecule has 0 radical (unpaired) electrons. The van der Waals surface area contributed by atoms with E-state index in [1.807, 2.05) is 6.26 Å². The summed E-state index contributed by atoms with van der Waals surface area (Å²) < 4.78 is 28.1. The molecule has 0 aromatic carbocycles. The molecule has 0 unspecified atom stereocenters. The number of nitrogens with two attached hydrogens (primary N) is 1. The van der Waals surface area contributed by atoms with Gasteiger partial charge in [0.25, 0.3) is 0 Å². The number of rotatable bonds is 7. The van der Waals surface area contributed by atoms with Crippen LogP contribution < -0.4 is 10.5 Å². The van der Waals surface area contributed by atoms with Gasteiger partial charge >= 0.3 is 0 Å². The molecule has 0 aliphatic heterocycles. The lowest BCUT2D eigenvalue weighted by Crippen LogP contribution is -2.24. The Morgan fingerprint density at radius 1 is 1.53 bits per heavy atom. The summed E-state index contributed by atoms with van der Waals surface area (Å²) in [5.74, 6) is 0.950. The highest BCUT2D eigenvalue weighted by Crippen LogP contribution is 2.12. The highest BCUT2D eigenvalue weighted by molar-refractivity contribution is 7.98. The minimum Gasteiger partial charge on any atom is -0.352 e. The summed E-state index contributed by atoms with van der Waals surface area (Å²) in [4.78, 5) is 0.282. The van der Waals surface area contributed by atoms with Crippen molar-refractivity contribution in [2.45, 2.75) is 17.9 Å². The molecule has 7 heteroatoms. The second kappa shape index (κ2) is 6.44. The Hall–Kier alpha value is -0.500. The number of hydrogen-bond acceptors (Lipinski definition) is 4. The number of sulfonamides is 1. The number of aromatic nitrogens is 1. The van der Waals surface area contributed by atoms with E-state index in [2.05, 4.69) is 4.72 Å². The molecule has 0 aliphatic rings. The van der Waals surface area contributed by atoms with Gasteiger partial charge in [0, 0.05) is 32.0 Å². The van der Waals surface area contributed by atoms with Crippen LogP contribution in [0, 0.1) is 0 Å². The molecule has 0 saturated heterocycles. The first-order chi connectivity index (χ1) is 8.01. The van der Waals surface area contributed by atoms with E-state index in [1.54, 1.807) is 35.6 Å². The van der Waals surface area contributed by atoms with Crippen molar-refractivity contribution in [2.24, 2.45) is 12.8 Å². The largest absolute Gasteiger partial charge is 0.352 e. The van der Waals surface area contributed by atoms with Crippen molar-refractivity contribution in [2.75, 3.05) is 18.6 Å². The third kappa shape index (κ3) is 4.02. The van der Waals surface area contributed by atoms with Gasteiger partial charge < -0.3 is 10.3 Å². The minimum atomic E-state index is -3.39. The Kier molecular flexibility index (Phi) is 5.51. The first kappa shape index (κ1) is 14.6. The van der Waals surface area contributed by atoms with E-state index in [9.17, 15) is 8.42 Å². The van der Waals surface area contributed by atoms with Gasteiger partial charge in [-0.25, -0.2) is 13.1 Å². The summed E-state index contributed by atoms with van der Waals surface area (Å²) in [7, 11) is -1.60. The van der Waals surface area contributed by atoms with E-state index in [4.69, 9.17) is 5.73 Å². The molecule has 1 rings (SSSR count). The Balaban J connectivity index is 2.69. The van der Waals surface area contributed by atoms with Gasteiger partial charge in [0.2, 0.25) is 10.0 Å². The number of aryl methyl sites for hydroxylation is 1. The molecule has 98 valence electrons. The molecule has 3 N–H and O–H groups in total. The van der Waals surface area contributed by atoms with Crippen LogP contribution in [0.1, 0.15) is 12.1 Å². The zero-order valence-electron chi connectivity index (χ0n) is 10.1. The topological polar surface area (TPSA) is 77.1 Å². The normalized spacial score (nSPS) is 11.9. The van der Waals surface area contributed by atoms with Crippen molar-refractivity contribution >= 4 is 21.8 Å². The zero-order chi connectivity index (χ0) is 12.9. The van der Waals surface area contributed by atoms with E-state index < -0.39 is 10.0 Å². The fraction of sp³-hybridized carbons (Fsp3) is 0.600. The Morgan fingerprint density at radius 2 is 2.24 bits per heavy atom. The highest BCUT2D eigenvalue weighted by atomic mass is 32.2. The summed E-state index contributed by atoms with van der Waals surface area (Å²) in [6.45, 7) is 0.800. The summed E-state index contributed by atoms with van der Waals surface area (Å²) in [6, 6.07) is 1.61. The molecule has 0 bridgehead atoms. The summed E-state index contributed by atoms with van der Waals surface area (Å²) in [5.41, 5.74) is 6.31. The van der Waals surface area contributed by atoms with Gasteiger partial charge in [0.05, 0.1) is 4.90 Å². The van der Waals surface area contributed by atoms with Crippen LogP contribution in [0.4, 0.5) is 0 Å². The van der Waals surface area contributed by atoms with Crippen LogP contribution in [0.2, 0.25) is 0 Å².